The molecule has 14 heteroatoms. The predicted molar refractivity (Wildman–Crippen MR) is 189 cm³/mol. The number of nitrogens with zero attached hydrogens (tertiary/aromatic N) is 2. The van der Waals surface area contributed by atoms with Crippen LogP contribution in [0.3, 0.4) is 0 Å². The van der Waals surface area contributed by atoms with Crippen molar-refractivity contribution in [1.82, 2.24) is 8.61 Å². The zero-order valence-electron chi connectivity index (χ0n) is 29.1. The van der Waals surface area contributed by atoms with Gasteiger partial charge in [0.15, 0.2) is 9.87 Å². The van der Waals surface area contributed by atoms with E-state index >= 15 is 0 Å². The number of methoxy groups -OCH3 is 2. The molecule has 4 rings (SSSR count). The van der Waals surface area contributed by atoms with Gasteiger partial charge in [-0.25, -0.2) is 16.8 Å². The second kappa shape index (κ2) is 16.4. The first-order valence-corrected chi connectivity index (χ1v) is 21.2. The smallest absolute Gasteiger partial charge is 0.322 e. The Morgan fingerprint density at radius 1 is 0.604 bits per heavy atom. The Bertz CT molecular complexity index is 1440. The van der Waals surface area contributed by atoms with Gasteiger partial charge in [-0.3, -0.25) is 13.6 Å². The highest BCUT2D eigenvalue weighted by molar-refractivity contribution is 7.91. The lowest BCUT2D eigenvalue weighted by atomic mass is 9.90. The molecule has 0 radical (unpaired) electrons. The highest BCUT2D eigenvalue weighted by Gasteiger charge is 2.52. The largest absolute Gasteiger partial charge is 0.497 e. The van der Waals surface area contributed by atoms with Crippen LogP contribution < -0.4 is 9.47 Å². The third kappa shape index (κ3) is 7.82. The van der Waals surface area contributed by atoms with E-state index in [9.17, 15) is 21.4 Å². The molecule has 2 aromatic rings. The second-order valence-corrected chi connectivity index (χ2v) is 17.9. The summed E-state index contributed by atoms with van der Waals surface area (Å²) in [7, 11) is -8.54. The number of rotatable bonds is 16. The van der Waals surface area contributed by atoms with Crippen molar-refractivity contribution < 1.29 is 39.9 Å². The summed E-state index contributed by atoms with van der Waals surface area (Å²) in [5, 5.41) is 0. The molecule has 2 aliphatic rings. The summed E-state index contributed by atoms with van der Waals surface area (Å²) >= 11 is 0. The minimum atomic E-state index is -4.09. The topological polar surface area (TPSA) is 129 Å². The van der Waals surface area contributed by atoms with E-state index in [1.807, 2.05) is 48.5 Å². The van der Waals surface area contributed by atoms with Gasteiger partial charge in [-0.15, -0.1) is 0 Å². The zero-order chi connectivity index (χ0) is 35.2. The number of benzene rings is 2. The van der Waals surface area contributed by atoms with Crippen molar-refractivity contribution in [2.45, 2.75) is 101 Å². The lowest BCUT2D eigenvalue weighted by Crippen LogP contribution is -2.52. The van der Waals surface area contributed by atoms with E-state index in [0.717, 1.165) is 22.6 Å². The standard InChI is InChI=1S/C34H53N2O9PS2/c1-7-33(8-2,47(38,39)35-23-19-29(20-24-35)27-11-15-31(42-5)16-12-27)44-46(37)45-34(9-3,10-4)48(40,41)36-25-21-30(22-26-36)28-13-17-32(43-6)18-14-28/h11-18,29-30,46H,7-10,19-26H2,1-6H3. The predicted octanol–water partition coefficient (Wildman–Crippen LogP) is 6.88. The molecular formula is C34H53N2O9PS2. The molecule has 0 unspecified atom stereocenters. The van der Waals surface area contributed by atoms with Gasteiger partial charge in [0.2, 0.25) is 20.0 Å². The molecule has 2 fully saturated rings. The van der Waals surface area contributed by atoms with Crippen LogP contribution in [0.4, 0.5) is 0 Å². The number of piperidine rings is 2. The van der Waals surface area contributed by atoms with Gasteiger partial charge in [0.05, 0.1) is 14.2 Å². The van der Waals surface area contributed by atoms with E-state index in [-0.39, 0.29) is 37.5 Å². The van der Waals surface area contributed by atoms with Crippen LogP contribution in [0.1, 0.15) is 102 Å². The summed E-state index contributed by atoms with van der Waals surface area (Å²) in [6.07, 6.45) is 2.63. The zero-order valence-corrected chi connectivity index (χ0v) is 31.8. The molecule has 270 valence electrons. The summed E-state index contributed by atoms with van der Waals surface area (Å²) in [5.74, 6) is 1.93. The molecule has 0 aromatic heterocycles. The maximum absolute atomic E-state index is 14.1. The third-order valence-electron chi connectivity index (χ3n) is 10.4. The summed E-state index contributed by atoms with van der Waals surface area (Å²) < 4.78 is 95.4. The van der Waals surface area contributed by atoms with Crippen LogP contribution in [0.2, 0.25) is 0 Å². The van der Waals surface area contributed by atoms with Gasteiger partial charge >= 0.3 is 8.25 Å². The van der Waals surface area contributed by atoms with Crippen molar-refractivity contribution >= 4 is 28.3 Å². The lowest BCUT2D eigenvalue weighted by Gasteiger charge is -2.41. The molecule has 2 aromatic carbocycles. The molecule has 48 heavy (non-hydrogen) atoms. The Balaban J connectivity index is 1.45. The molecular weight excluding hydrogens is 675 g/mol. The maximum Gasteiger partial charge on any atom is 0.322 e. The van der Waals surface area contributed by atoms with Gasteiger partial charge in [-0.05, 0) is 98.6 Å². The van der Waals surface area contributed by atoms with E-state index in [2.05, 4.69) is 0 Å². The Hall–Kier alpha value is -1.99. The van der Waals surface area contributed by atoms with Crippen LogP contribution in [-0.2, 0) is 33.7 Å². The SMILES string of the molecule is CCC(CC)(O[PH](=O)OC(CC)(CC)S(=O)(=O)N1CCC(c2ccc(OC)cc2)CC1)S(=O)(=O)N1CCC(c2ccc(OC)cc2)CC1. The number of hydrogen-bond donors (Lipinski definition) is 0. The van der Waals surface area contributed by atoms with Crippen LogP contribution in [0.25, 0.3) is 0 Å². The average Bonchev–Trinajstić information content (AvgIpc) is 3.12. The van der Waals surface area contributed by atoms with Crippen LogP contribution >= 0.6 is 8.25 Å². The van der Waals surface area contributed by atoms with E-state index < -0.39 is 38.2 Å². The van der Waals surface area contributed by atoms with Crippen molar-refractivity contribution in [3.63, 3.8) is 0 Å². The first kappa shape index (κ1) is 38.8. The van der Waals surface area contributed by atoms with Crippen LogP contribution in [0.5, 0.6) is 11.5 Å². The van der Waals surface area contributed by atoms with Crippen molar-refractivity contribution in [3.8, 4) is 11.5 Å². The van der Waals surface area contributed by atoms with Crippen LogP contribution in [0, 0.1) is 0 Å². The van der Waals surface area contributed by atoms with Gasteiger partial charge in [0, 0.05) is 26.2 Å². The number of ether oxygens (including phenoxy) is 2. The van der Waals surface area contributed by atoms with E-state index in [0.29, 0.717) is 51.9 Å². The Labute approximate surface area is 288 Å². The highest BCUT2D eigenvalue weighted by atomic mass is 32.2. The summed E-state index contributed by atoms with van der Waals surface area (Å²) in [5.41, 5.74) is 2.25. The monoisotopic (exact) mass is 728 g/mol. The Morgan fingerprint density at radius 3 is 1.15 bits per heavy atom. The molecule has 11 nitrogen and oxygen atoms in total. The minimum Gasteiger partial charge on any atom is -0.497 e. The average molecular weight is 729 g/mol. The molecule has 2 heterocycles. The fourth-order valence-corrected chi connectivity index (χ4v) is 13.3. The van der Waals surface area contributed by atoms with Gasteiger partial charge in [0.25, 0.3) is 0 Å². The van der Waals surface area contributed by atoms with Crippen LogP contribution in [0.15, 0.2) is 48.5 Å². The highest BCUT2D eigenvalue weighted by Crippen LogP contribution is 2.47. The molecule has 0 atom stereocenters. The quantitative estimate of drug-likeness (QED) is 0.170. The van der Waals surface area contributed by atoms with Crippen molar-refractivity contribution in [2.75, 3.05) is 40.4 Å². The summed E-state index contributed by atoms with van der Waals surface area (Å²) in [4.78, 5) is -3.63. The summed E-state index contributed by atoms with van der Waals surface area (Å²) in [6, 6.07) is 15.6. The van der Waals surface area contributed by atoms with Crippen molar-refractivity contribution in [1.29, 1.82) is 0 Å². The normalized spacial score (nSPS) is 18.3. The molecule has 0 spiro atoms. The van der Waals surface area contributed by atoms with Gasteiger partial charge in [0.1, 0.15) is 11.5 Å². The van der Waals surface area contributed by atoms with E-state index in [4.69, 9.17) is 18.5 Å². The molecule has 0 bridgehead atoms. The number of sulfonamides is 2. The molecule has 0 aliphatic carbocycles. The van der Waals surface area contributed by atoms with Crippen molar-refractivity contribution in [2.24, 2.45) is 0 Å². The molecule has 2 saturated heterocycles. The third-order valence-corrected chi connectivity index (χ3v) is 17.1. The van der Waals surface area contributed by atoms with Gasteiger partial charge in [-0.1, -0.05) is 52.0 Å². The van der Waals surface area contributed by atoms with Gasteiger partial charge < -0.3 is 9.47 Å². The molecule has 0 saturated carbocycles. The van der Waals surface area contributed by atoms with Crippen LogP contribution in [-0.4, -0.2) is 75.7 Å². The maximum atomic E-state index is 14.1. The fourth-order valence-electron chi connectivity index (χ4n) is 7.03. The number of hydrogen-bond acceptors (Lipinski definition) is 9. The van der Waals surface area contributed by atoms with E-state index in [1.54, 1.807) is 41.9 Å². The van der Waals surface area contributed by atoms with Gasteiger partial charge in [-0.2, -0.15) is 8.61 Å². The molecule has 2 aliphatic heterocycles. The molecule has 0 N–H and O–H groups in total. The van der Waals surface area contributed by atoms with E-state index in [1.165, 1.54) is 8.61 Å². The lowest BCUT2D eigenvalue weighted by molar-refractivity contribution is 0.0693. The fraction of sp³-hybridized carbons (Fsp3) is 0.647. The Morgan fingerprint density at radius 2 is 0.896 bits per heavy atom. The molecule has 0 amide bonds. The Kier molecular flexibility index (Phi) is 13.2. The second-order valence-electron chi connectivity index (χ2n) is 12.6. The first-order chi connectivity index (χ1) is 22.9. The minimum absolute atomic E-state index is 0.0287. The first-order valence-electron chi connectivity index (χ1n) is 17.0. The summed E-state index contributed by atoms with van der Waals surface area (Å²) in [6.45, 7) is 7.88. The van der Waals surface area contributed by atoms with Crippen molar-refractivity contribution in [3.05, 3.63) is 59.7 Å².